The smallest absolute Gasteiger partial charge is 0.352 e. The van der Waals surface area contributed by atoms with Gasteiger partial charge in [-0.25, -0.2) is 0 Å². The molecule has 0 radical (unpaired) electrons. The number of hydrogen-bond acceptors (Lipinski definition) is 2. The van der Waals surface area contributed by atoms with Crippen molar-refractivity contribution in [3.8, 4) is 0 Å². The van der Waals surface area contributed by atoms with E-state index in [0.717, 1.165) is 6.42 Å². The van der Waals surface area contributed by atoms with Gasteiger partial charge in [0.05, 0.1) is 13.0 Å². The number of amides is 1. The van der Waals surface area contributed by atoms with E-state index in [1.54, 1.807) is 0 Å². The topological polar surface area (TPSA) is 41.1 Å². The molecule has 0 aliphatic carbocycles. The van der Waals surface area contributed by atoms with Gasteiger partial charge in [-0.1, -0.05) is 6.92 Å². The van der Waals surface area contributed by atoms with E-state index in [1.165, 1.54) is 6.92 Å². The SMILES string of the molecule is CCCNCC(=O)NC(C)CC(F)(F)F. The zero-order chi connectivity index (χ0) is 11.9. The van der Waals surface area contributed by atoms with Crippen molar-refractivity contribution < 1.29 is 18.0 Å². The molecule has 1 unspecified atom stereocenters. The Morgan fingerprint density at radius 2 is 2.00 bits per heavy atom. The normalized spacial score (nSPS) is 13.7. The van der Waals surface area contributed by atoms with Gasteiger partial charge in [0.25, 0.3) is 0 Å². The molecule has 90 valence electrons. The summed E-state index contributed by atoms with van der Waals surface area (Å²) in [4.78, 5) is 11.1. The van der Waals surface area contributed by atoms with Crippen LogP contribution in [0, 0.1) is 0 Å². The van der Waals surface area contributed by atoms with Gasteiger partial charge in [0.2, 0.25) is 5.91 Å². The minimum atomic E-state index is -4.23. The number of rotatable bonds is 6. The van der Waals surface area contributed by atoms with Crippen LogP contribution in [0.15, 0.2) is 0 Å². The molecule has 1 atom stereocenters. The van der Waals surface area contributed by atoms with E-state index in [4.69, 9.17) is 0 Å². The number of hydrogen-bond donors (Lipinski definition) is 2. The molecule has 0 aliphatic heterocycles. The van der Waals surface area contributed by atoms with Gasteiger partial charge in [0.15, 0.2) is 0 Å². The molecule has 0 saturated heterocycles. The average molecular weight is 226 g/mol. The Morgan fingerprint density at radius 1 is 1.40 bits per heavy atom. The Kier molecular flexibility index (Phi) is 6.31. The van der Waals surface area contributed by atoms with Gasteiger partial charge >= 0.3 is 6.18 Å². The highest BCUT2D eigenvalue weighted by Gasteiger charge is 2.30. The third-order valence-electron chi connectivity index (χ3n) is 1.66. The maximum Gasteiger partial charge on any atom is 0.391 e. The molecule has 3 nitrogen and oxygen atoms in total. The van der Waals surface area contributed by atoms with Crippen molar-refractivity contribution in [1.82, 2.24) is 10.6 Å². The number of alkyl halides is 3. The fraction of sp³-hybridized carbons (Fsp3) is 0.889. The Balaban J connectivity index is 3.67. The van der Waals surface area contributed by atoms with Crippen LogP contribution in [0.2, 0.25) is 0 Å². The van der Waals surface area contributed by atoms with Gasteiger partial charge < -0.3 is 10.6 Å². The number of carbonyl (C=O) groups is 1. The highest BCUT2D eigenvalue weighted by molar-refractivity contribution is 5.78. The molecule has 0 aromatic heterocycles. The zero-order valence-electron chi connectivity index (χ0n) is 8.95. The third kappa shape index (κ3) is 9.52. The van der Waals surface area contributed by atoms with Crippen LogP contribution < -0.4 is 10.6 Å². The quantitative estimate of drug-likeness (QED) is 0.673. The Morgan fingerprint density at radius 3 is 2.47 bits per heavy atom. The summed E-state index contributed by atoms with van der Waals surface area (Å²) in [7, 11) is 0. The van der Waals surface area contributed by atoms with Crippen molar-refractivity contribution in [2.45, 2.75) is 38.9 Å². The molecule has 15 heavy (non-hydrogen) atoms. The third-order valence-corrected chi connectivity index (χ3v) is 1.66. The van der Waals surface area contributed by atoms with E-state index >= 15 is 0 Å². The fourth-order valence-electron chi connectivity index (χ4n) is 1.10. The summed E-state index contributed by atoms with van der Waals surface area (Å²) in [5.74, 6) is -0.403. The van der Waals surface area contributed by atoms with Crippen molar-refractivity contribution in [3.63, 3.8) is 0 Å². The molecule has 2 N–H and O–H groups in total. The molecule has 0 heterocycles. The Labute approximate surface area is 87.4 Å². The lowest BCUT2D eigenvalue weighted by Gasteiger charge is -2.15. The van der Waals surface area contributed by atoms with E-state index in [1.807, 2.05) is 6.92 Å². The first-order chi connectivity index (χ1) is 6.85. The summed E-state index contributed by atoms with van der Waals surface area (Å²) < 4.78 is 35.7. The second-order valence-electron chi connectivity index (χ2n) is 3.46. The molecular weight excluding hydrogens is 209 g/mol. The van der Waals surface area contributed by atoms with Crippen molar-refractivity contribution in [2.75, 3.05) is 13.1 Å². The van der Waals surface area contributed by atoms with Gasteiger partial charge in [-0.2, -0.15) is 13.2 Å². The van der Waals surface area contributed by atoms with Crippen LogP contribution in [0.3, 0.4) is 0 Å². The molecule has 0 saturated carbocycles. The van der Waals surface area contributed by atoms with E-state index in [0.29, 0.717) is 6.54 Å². The lowest BCUT2D eigenvalue weighted by molar-refractivity contribution is -0.141. The zero-order valence-corrected chi connectivity index (χ0v) is 8.95. The number of carbonyl (C=O) groups excluding carboxylic acids is 1. The van der Waals surface area contributed by atoms with Crippen LogP contribution in [-0.2, 0) is 4.79 Å². The van der Waals surface area contributed by atoms with Gasteiger partial charge in [-0.15, -0.1) is 0 Å². The largest absolute Gasteiger partial charge is 0.391 e. The molecule has 0 fully saturated rings. The summed E-state index contributed by atoms with van der Waals surface area (Å²) in [5.41, 5.74) is 0. The number of halogens is 3. The van der Waals surface area contributed by atoms with Gasteiger partial charge in [-0.3, -0.25) is 4.79 Å². The van der Waals surface area contributed by atoms with E-state index in [9.17, 15) is 18.0 Å². The molecular formula is C9H17F3N2O. The summed E-state index contributed by atoms with van der Waals surface area (Å²) >= 11 is 0. The molecule has 0 aliphatic rings. The highest BCUT2D eigenvalue weighted by atomic mass is 19.4. The van der Waals surface area contributed by atoms with Crippen molar-refractivity contribution in [1.29, 1.82) is 0 Å². The Hall–Kier alpha value is -0.780. The summed E-state index contributed by atoms with van der Waals surface area (Å²) in [6.07, 6.45) is -4.35. The van der Waals surface area contributed by atoms with Crippen molar-refractivity contribution >= 4 is 5.91 Å². The van der Waals surface area contributed by atoms with Gasteiger partial charge in [-0.05, 0) is 19.9 Å². The van der Waals surface area contributed by atoms with Crippen LogP contribution in [-0.4, -0.2) is 31.2 Å². The molecule has 0 aromatic rings. The van der Waals surface area contributed by atoms with Crippen LogP contribution >= 0.6 is 0 Å². The van der Waals surface area contributed by atoms with E-state index in [2.05, 4.69) is 10.6 Å². The highest BCUT2D eigenvalue weighted by Crippen LogP contribution is 2.21. The average Bonchev–Trinajstić information content (AvgIpc) is 2.00. The molecule has 6 heteroatoms. The second-order valence-corrected chi connectivity index (χ2v) is 3.46. The summed E-state index contributed by atoms with van der Waals surface area (Å²) in [6.45, 7) is 4.03. The maximum absolute atomic E-state index is 11.9. The van der Waals surface area contributed by atoms with Crippen LogP contribution in [0.1, 0.15) is 26.7 Å². The first kappa shape index (κ1) is 14.2. The van der Waals surface area contributed by atoms with Gasteiger partial charge in [0.1, 0.15) is 0 Å². The molecule has 0 rings (SSSR count). The predicted molar refractivity (Wildman–Crippen MR) is 51.4 cm³/mol. The fourth-order valence-corrected chi connectivity index (χ4v) is 1.10. The van der Waals surface area contributed by atoms with Crippen molar-refractivity contribution in [2.24, 2.45) is 0 Å². The van der Waals surface area contributed by atoms with Crippen LogP contribution in [0.25, 0.3) is 0 Å². The standard InChI is InChI=1S/C9H17F3N2O/c1-3-4-13-6-8(15)14-7(2)5-9(10,11)12/h7,13H,3-6H2,1-2H3,(H,14,15). The second kappa shape index (κ2) is 6.66. The van der Waals surface area contributed by atoms with Crippen LogP contribution in [0.4, 0.5) is 13.2 Å². The summed E-state index contributed by atoms with van der Waals surface area (Å²) in [5, 5.41) is 5.08. The van der Waals surface area contributed by atoms with Crippen LogP contribution in [0.5, 0.6) is 0 Å². The number of nitrogens with one attached hydrogen (secondary N) is 2. The summed E-state index contributed by atoms with van der Waals surface area (Å²) in [6, 6.07) is -0.874. The monoisotopic (exact) mass is 226 g/mol. The maximum atomic E-state index is 11.9. The van der Waals surface area contributed by atoms with E-state index < -0.39 is 24.5 Å². The lowest BCUT2D eigenvalue weighted by Crippen LogP contribution is -2.41. The minimum Gasteiger partial charge on any atom is -0.352 e. The van der Waals surface area contributed by atoms with Crippen molar-refractivity contribution in [3.05, 3.63) is 0 Å². The lowest BCUT2D eigenvalue weighted by atomic mass is 10.2. The first-order valence-corrected chi connectivity index (χ1v) is 4.92. The molecule has 0 bridgehead atoms. The van der Waals surface area contributed by atoms with Gasteiger partial charge in [0, 0.05) is 6.04 Å². The minimum absolute atomic E-state index is 0.0655. The van der Waals surface area contributed by atoms with E-state index in [-0.39, 0.29) is 6.54 Å². The predicted octanol–water partition coefficient (Wildman–Crippen LogP) is 1.44. The molecule has 0 aromatic carbocycles. The molecule has 0 spiro atoms. The molecule has 1 amide bonds. The Bertz CT molecular complexity index is 194. The first-order valence-electron chi connectivity index (χ1n) is 4.92.